The summed E-state index contributed by atoms with van der Waals surface area (Å²) < 4.78 is 0. The van der Waals surface area contributed by atoms with Crippen molar-refractivity contribution >= 4 is 12.6 Å². The zero-order valence-corrected chi connectivity index (χ0v) is 8.43. The Kier molecular flexibility index (Phi) is 2.24. The fourth-order valence-corrected chi connectivity index (χ4v) is 2.46. The second-order valence-electron chi connectivity index (χ2n) is 3.84. The summed E-state index contributed by atoms with van der Waals surface area (Å²) in [5.74, 6) is 1.26. The number of thiol groups is 1. The Hall–Kier alpha value is -0.630. The minimum Gasteiger partial charge on any atom is -0.508 e. The number of phenolic OH excluding ortho intramolecular Hbond substituents is 1. The molecule has 0 bridgehead atoms. The van der Waals surface area contributed by atoms with Crippen molar-refractivity contribution in [1.29, 1.82) is 0 Å². The van der Waals surface area contributed by atoms with Crippen LogP contribution in [-0.2, 0) is 5.41 Å². The second kappa shape index (κ2) is 3.26. The van der Waals surface area contributed by atoms with E-state index in [1.54, 1.807) is 12.1 Å². The molecule has 1 aromatic rings. The van der Waals surface area contributed by atoms with E-state index >= 15 is 0 Å². The van der Waals surface area contributed by atoms with Gasteiger partial charge < -0.3 is 5.11 Å². The first kappa shape index (κ1) is 8.95. The van der Waals surface area contributed by atoms with E-state index in [0.717, 1.165) is 5.75 Å². The molecule has 0 spiro atoms. The van der Waals surface area contributed by atoms with Crippen molar-refractivity contribution in [2.24, 2.45) is 0 Å². The Morgan fingerprint density at radius 1 is 1.23 bits per heavy atom. The van der Waals surface area contributed by atoms with Gasteiger partial charge in [0.1, 0.15) is 5.75 Å². The molecule has 13 heavy (non-hydrogen) atoms. The molecule has 70 valence electrons. The van der Waals surface area contributed by atoms with Gasteiger partial charge in [0.15, 0.2) is 0 Å². The lowest BCUT2D eigenvalue weighted by Crippen LogP contribution is -2.35. The number of rotatable bonds is 2. The minimum absolute atomic E-state index is 0.302. The molecule has 1 nitrogen and oxygen atoms in total. The highest BCUT2D eigenvalue weighted by molar-refractivity contribution is 7.80. The molecule has 0 heterocycles. The van der Waals surface area contributed by atoms with E-state index < -0.39 is 0 Å². The van der Waals surface area contributed by atoms with Gasteiger partial charge in [-0.3, -0.25) is 0 Å². The third kappa shape index (κ3) is 1.44. The molecule has 0 aliphatic heterocycles. The molecule has 1 aliphatic rings. The van der Waals surface area contributed by atoms with Gasteiger partial charge >= 0.3 is 0 Å². The van der Waals surface area contributed by atoms with E-state index in [-0.39, 0.29) is 0 Å². The summed E-state index contributed by atoms with van der Waals surface area (Å²) in [6, 6.07) is 7.56. The average molecular weight is 194 g/mol. The summed E-state index contributed by atoms with van der Waals surface area (Å²) >= 11 is 4.41. The smallest absolute Gasteiger partial charge is 0.115 e. The van der Waals surface area contributed by atoms with Gasteiger partial charge in [-0.05, 0) is 36.3 Å². The molecule has 0 saturated heterocycles. The molecule has 2 rings (SSSR count). The molecule has 0 aromatic heterocycles. The normalized spacial score (nSPS) is 19.5. The van der Waals surface area contributed by atoms with E-state index in [1.807, 2.05) is 12.1 Å². The quantitative estimate of drug-likeness (QED) is 0.694. The van der Waals surface area contributed by atoms with Gasteiger partial charge in [0, 0.05) is 5.41 Å². The Morgan fingerprint density at radius 3 is 2.23 bits per heavy atom. The summed E-state index contributed by atoms with van der Waals surface area (Å²) in [6.07, 6.45) is 3.78. The van der Waals surface area contributed by atoms with Crippen LogP contribution in [0.1, 0.15) is 24.8 Å². The number of phenols is 1. The third-order valence-corrected chi connectivity index (χ3v) is 3.70. The predicted octanol–water partition coefficient (Wildman–Crippen LogP) is 2.74. The molecule has 1 fully saturated rings. The van der Waals surface area contributed by atoms with Crippen LogP contribution in [0.2, 0.25) is 0 Å². The molecule has 1 aliphatic carbocycles. The van der Waals surface area contributed by atoms with E-state index in [2.05, 4.69) is 12.6 Å². The van der Waals surface area contributed by atoms with Crippen molar-refractivity contribution < 1.29 is 5.11 Å². The SMILES string of the molecule is Oc1ccc(C2(CS)CCC2)cc1. The molecular formula is C11H14OS. The van der Waals surface area contributed by atoms with Crippen LogP contribution in [0.15, 0.2) is 24.3 Å². The first-order valence-corrected chi connectivity index (χ1v) is 5.30. The molecule has 1 N–H and O–H groups in total. The summed E-state index contributed by atoms with van der Waals surface area (Å²) in [5, 5.41) is 9.17. The van der Waals surface area contributed by atoms with Gasteiger partial charge in [0.2, 0.25) is 0 Å². The van der Waals surface area contributed by atoms with Gasteiger partial charge in [-0.1, -0.05) is 18.6 Å². The van der Waals surface area contributed by atoms with Crippen LogP contribution in [0, 0.1) is 0 Å². The van der Waals surface area contributed by atoms with Crippen molar-refractivity contribution in [3.05, 3.63) is 29.8 Å². The first-order valence-electron chi connectivity index (χ1n) is 4.67. The van der Waals surface area contributed by atoms with E-state index in [4.69, 9.17) is 5.11 Å². The molecule has 1 saturated carbocycles. The van der Waals surface area contributed by atoms with Crippen LogP contribution in [0.4, 0.5) is 0 Å². The van der Waals surface area contributed by atoms with Crippen LogP contribution in [0.25, 0.3) is 0 Å². The number of benzene rings is 1. The molecule has 0 radical (unpaired) electrons. The topological polar surface area (TPSA) is 20.2 Å². The Balaban J connectivity index is 2.28. The Morgan fingerprint density at radius 2 is 1.85 bits per heavy atom. The van der Waals surface area contributed by atoms with Crippen LogP contribution in [0.3, 0.4) is 0 Å². The summed E-state index contributed by atoms with van der Waals surface area (Å²) in [5.41, 5.74) is 1.63. The molecule has 2 heteroatoms. The highest BCUT2D eigenvalue weighted by Crippen LogP contribution is 2.44. The van der Waals surface area contributed by atoms with Crippen LogP contribution in [-0.4, -0.2) is 10.9 Å². The number of aromatic hydroxyl groups is 1. The van der Waals surface area contributed by atoms with Crippen molar-refractivity contribution in [1.82, 2.24) is 0 Å². The number of hydrogen-bond donors (Lipinski definition) is 2. The van der Waals surface area contributed by atoms with Gasteiger partial charge in [-0.2, -0.15) is 12.6 Å². The highest BCUT2D eigenvalue weighted by Gasteiger charge is 2.36. The van der Waals surface area contributed by atoms with E-state index in [9.17, 15) is 0 Å². The minimum atomic E-state index is 0.302. The molecule has 0 unspecified atom stereocenters. The fourth-order valence-electron chi connectivity index (χ4n) is 1.96. The van der Waals surface area contributed by atoms with Crippen LogP contribution >= 0.6 is 12.6 Å². The third-order valence-electron chi connectivity index (χ3n) is 3.09. The number of hydrogen-bond acceptors (Lipinski definition) is 2. The Labute approximate surface area is 84.2 Å². The van der Waals surface area contributed by atoms with Gasteiger partial charge in [-0.25, -0.2) is 0 Å². The molecule has 0 atom stereocenters. The monoisotopic (exact) mass is 194 g/mol. The Bertz CT molecular complexity index is 282. The standard InChI is InChI=1S/C11H14OS/c12-10-4-2-9(3-5-10)11(8-13)6-1-7-11/h2-5,12-13H,1,6-8H2. The molecule has 1 aromatic carbocycles. The molecular weight excluding hydrogens is 180 g/mol. The maximum atomic E-state index is 9.17. The zero-order chi connectivity index (χ0) is 9.31. The second-order valence-corrected chi connectivity index (χ2v) is 4.16. The van der Waals surface area contributed by atoms with Crippen molar-refractivity contribution in [3.8, 4) is 5.75 Å². The average Bonchev–Trinajstić information content (AvgIpc) is 2.07. The molecule has 0 amide bonds. The first-order chi connectivity index (χ1) is 6.27. The van der Waals surface area contributed by atoms with Crippen LogP contribution < -0.4 is 0 Å². The zero-order valence-electron chi connectivity index (χ0n) is 7.53. The lowest BCUT2D eigenvalue weighted by Gasteiger charge is -2.41. The van der Waals surface area contributed by atoms with Crippen molar-refractivity contribution in [3.63, 3.8) is 0 Å². The fraction of sp³-hybridized carbons (Fsp3) is 0.455. The maximum absolute atomic E-state index is 9.17. The summed E-state index contributed by atoms with van der Waals surface area (Å²) in [6.45, 7) is 0. The van der Waals surface area contributed by atoms with Gasteiger partial charge in [0.05, 0.1) is 0 Å². The maximum Gasteiger partial charge on any atom is 0.115 e. The lowest BCUT2D eigenvalue weighted by atomic mass is 9.66. The largest absolute Gasteiger partial charge is 0.508 e. The van der Waals surface area contributed by atoms with Gasteiger partial charge in [-0.15, -0.1) is 0 Å². The highest BCUT2D eigenvalue weighted by atomic mass is 32.1. The van der Waals surface area contributed by atoms with Crippen molar-refractivity contribution in [2.75, 3.05) is 5.75 Å². The summed E-state index contributed by atoms with van der Waals surface area (Å²) in [7, 11) is 0. The summed E-state index contributed by atoms with van der Waals surface area (Å²) in [4.78, 5) is 0. The van der Waals surface area contributed by atoms with E-state index in [0.29, 0.717) is 11.2 Å². The van der Waals surface area contributed by atoms with Gasteiger partial charge in [0.25, 0.3) is 0 Å². The van der Waals surface area contributed by atoms with Crippen molar-refractivity contribution in [2.45, 2.75) is 24.7 Å². The lowest BCUT2D eigenvalue weighted by molar-refractivity contribution is 0.279. The predicted molar refractivity (Wildman–Crippen MR) is 57.5 cm³/mol. The van der Waals surface area contributed by atoms with Crippen LogP contribution in [0.5, 0.6) is 5.75 Å². The van der Waals surface area contributed by atoms with E-state index in [1.165, 1.54) is 24.8 Å².